The number of thiazole rings is 1. The van der Waals surface area contributed by atoms with Crippen LogP contribution in [0.4, 0.5) is 0 Å². The van der Waals surface area contributed by atoms with Gasteiger partial charge in [-0.2, -0.15) is 0 Å². The van der Waals surface area contributed by atoms with Crippen LogP contribution in [0.2, 0.25) is 0 Å². The van der Waals surface area contributed by atoms with Gasteiger partial charge < -0.3 is 15.2 Å². The van der Waals surface area contributed by atoms with Gasteiger partial charge in [0.2, 0.25) is 0 Å². The van der Waals surface area contributed by atoms with Gasteiger partial charge in [-0.15, -0.1) is 11.3 Å². The summed E-state index contributed by atoms with van der Waals surface area (Å²) in [4.78, 5) is 16.9. The van der Waals surface area contributed by atoms with Crippen molar-refractivity contribution in [2.75, 3.05) is 13.2 Å². The second-order valence-electron chi connectivity index (χ2n) is 6.46. The highest BCUT2D eigenvalue weighted by Crippen LogP contribution is 2.39. The number of nitrogens with zero attached hydrogens (tertiary/aromatic N) is 1. The number of halogens is 1. The maximum atomic E-state index is 12.4. The van der Waals surface area contributed by atoms with Gasteiger partial charge in [0.15, 0.2) is 5.11 Å². The molecule has 1 saturated heterocycles. The molecule has 1 aromatic heterocycles. The van der Waals surface area contributed by atoms with Crippen LogP contribution >= 0.6 is 39.5 Å². The molecular formula is C18H20BrN3O3S2. The Hall–Kier alpha value is -1.39. The smallest absolute Gasteiger partial charge is 0.257 e. The number of aliphatic hydroxyl groups excluding tert-OH is 1. The van der Waals surface area contributed by atoms with Crippen LogP contribution in [0.25, 0.3) is 0 Å². The number of amides is 1. The average molecular weight is 470 g/mol. The Morgan fingerprint density at radius 1 is 1.48 bits per heavy atom. The second-order valence-corrected chi connectivity index (χ2v) is 8.54. The number of hydrogen-bond donors (Lipinski definition) is 3. The van der Waals surface area contributed by atoms with Crippen LogP contribution in [0, 0.1) is 5.92 Å². The Balaban J connectivity index is 1.83. The fraction of sp³-hybridized carbons (Fsp3) is 0.389. The van der Waals surface area contributed by atoms with E-state index >= 15 is 0 Å². The van der Waals surface area contributed by atoms with Gasteiger partial charge in [-0.25, -0.2) is 4.98 Å². The van der Waals surface area contributed by atoms with E-state index < -0.39 is 5.54 Å². The van der Waals surface area contributed by atoms with E-state index in [9.17, 15) is 9.90 Å². The lowest BCUT2D eigenvalue weighted by Crippen LogP contribution is -2.61. The zero-order valence-electron chi connectivity index (χ0n) is 14.6. The normalized spacial score (nSPS) is 25.0. The van der Waals surface area contributed by atoms with Gasteiger partial charge in [0.25, 0.3) is 5.91 Å². The second kappa shape index (κ2) is 8.74. The Morgan fingerprint density at radius 3 is 2.85 bits per heavy atom. The molecular weight excluding hydrogens is 450 g/mol. The number of aromatic nitrogens is 1. The molecule has 0 aliphatic carbocycles. The summed E-state index contributed by atoms with van der Waals surface area (Å²) >= 11 is 10.2. The summed E-state index contributed by atoms with van der Waals surface area (Å²) < 4.78 is 6.59. The van der Waals surface area contributed by atoms with Gasteiger partial charge in [-0.1, -0.05) is 18.2 Å². The zero-order chi connectivity index (χ0) is 19.4. The summed E-state index contributed by atoms with van der Waals surface area (Å²) in [6, 6.07) is 8.85. The number of benzene rings is 1. The minimum atomic E-state index is -0.807. The van der Waals surface area contributed by atoms with Crippen molar-refractivity contribution in [3.05, 3.63) is 50.9 Å². The molecule has 1 amide bonds. The van der Waals surface area contributed by atoms with E-state index in [1.165, 1.54) is 11.3 Å². The average Bonchev–Trinajstić information content (AvgIpc) is 3.10. The molecule has 0 spiro atoms. The van der Waals surface area contributed by atoms with E-state index in [1.54, 1.807) is 24.3 Å². The molecule has 9 heteroatoms. The summed E-state index contributed by atoms with van der Waals surface area (Å²) in [5, 5.41) is 18.8. The molecule has 0 unspecified atom stereocenters. The van der Waals surface area contributed by atoms with Crippen molar-refractivity contribution < 1.29 is 14.6 Å². The molecule has 27 heavy (non-hydrogen) atoms. The van der Waals surface area contributed by atoms with Gasteiger partial charge in [-0.3, -0.25) is 10.1 Å². The number of aliphatic hydroxyl groups is 1. The van der Waals surface area contributed by atoms with Gasteiger partial charge in [0, 0.05) is 23.5 Å². The molecule has 1 aliphatic rings. The maximum absolute atomic E-state index is 12.4. The third-order valence-electron chi connectivity index (χ3n) is 4.59. The monoisotopic (exact) mass is 469 g/mol. The molecule has 1 aromatic carbocycles. The molecule has 0 bridgehead atoms. The zero-order valence-corrected chi connectivity index (χ0v) is 17.9. The molecule has 3 N–H and O–H groups in total. The van der Waals surface area contributed by atoms with Crippen LogP contribution in [0.1, 0.15) is 28.7 Å². The highest BCUT2D eigenvalue weighted by molar-refractivity contribution is 9.10. The molecule has 2 aromatic rings. The third kappa shape index (κ3) is 4.55. The predicted octanol–water partition coefficient (Wildman–Crippen LogP) is 2.82. The van der Waals surface area contributed by atoms with E-state index in [0.717, 1.165) is 5.01 Å². The van der Waals surface area contributed by atoms with Crippen molar-refractivity contribution in [3.63, 3.8) is 0 Å². The summed E-state index contributed by atoms with van der Waals surface area (Å²) in [7, 11) is 0. The fourth-order valence-corrected chi connectivity index (χ4v) is 4.93. The van der Waals surface area contributed by atoms with Crippen LogP contribution in [-0.4, -0.2) is 40.4 Å². The van der Waals surface area contributed by atoms with Crippen LogP contribution in [0.5, 0.6) is 0 Å². The quantitative estimate of drug-likeness (QED) is 0.597. The molecule has 0 saturated carbocycles. The molecule has 1 aliphatic heterocycles. The molecule has 1 fully saturated rings. The van der Waals surface area contributed by atoms with Gasteiger partial charge in [0.05, 0.1) is 12.7 Å². The van der Waals surface area contributed by atoms with Crippen molar-refractivity contribution in [2.45, 2.75) is 25.0 Å². The summed E-state index contributed by atoms with van der Waals surface area (Å²) in [5.41, 5.74) is -0.293. The number of thiocarbonyl (C=S) groups is 1. The molecule has 3 rings (SSSR count). The van der Waals surface area contributed by atoms with Crippen molar-refractivity contribution in [3.8, 4) is 0 Å². The van der Waals surface area contributed by atoms with E-state index in [2.05, 4.69) is 31.5 Å². The molecule has 0 radical (unpaired) electrons. The molecule has 6 nitrogen and oxygen atoms in total. The van der Waals surface area contributed by atoms with Gasteiger partial charge in [-0.05, 0) is 53.6 Å². The van der Waals surface area contributed by atoms with E-state index in [4.69, 9.17) is 17.0 Å². The lowest BCUT2D eigenvalue weighted by Gasteiger charge is -2.44. The fourth-order valence-electron chi connectivity index (χ4n) is 3.18. The SMILES string of the molecule is C[C@H]1C[C@@H](CO)[C@](NC(=S)NC(=O)c2ccccc2)(c2nc(Br)cs2)CO1. The minimum Gasteiger partial charge on any atom is -0.396 e. The lowest BCUT2D eigenvalue weighted by molar-refractivity contribution is -0.0748. The lowest BCUT2D eigenvalue weighted by atomic mass is 9.79. The Bertz CT molecular complexity index is 817. The van der Waals surface area contributed by atoms with Crippen LogP contribution < -0.4 is 10.6 Å². The number of carbonyl (C=O) groups is 1. The first-order chi connectivity index (χ1) is 12.9. The van der Waals surface area contributed by atoms with E-state index in [-0.39, 0.29) is 29.6 Å². The third-order valence-corrected chi connectivity index (χ3v) is 6.52. The highest BCUT2D eigenvalue weighted by atomic mass is 79.9. The minimum absolute atomic E-state index is 0.0213. The van der Waals surface area contributed by atoms with Crippen LogP contribution in [0.15, 0.2) is 40.3 Å². The van der Waals surface area contributed by atoms with Crippen LogP contribution in [-0.2, 0) is 10.3 Å². The topological polar surface area (TPSA) is 83.5 Å². The summed E-state index contributed by atoms with van der Waals surface area (Å²) in [6.07, 6.45) is 0.670. The largest absolute Gasteiger partial charge is 0.396 e. The van der Waals surface area contributed by atoms with E-state index in [1.807, 2.05) is 18.4 Å². The first-order valence-corrected chi connectivity index (χ1v) is 10.5. The maximum Gasteiger partial charge on any atom is 0.257 e. The molecule has 144 valence electrons. The van der Waals surface area contributed by atoms with Crippen molar-refractivity contribution in [2.24, 2.45) is 5.92 Å². The summed E-state index contributed by atoms with van der Waals surface area (Å²) in [5.74, 6) is -0.458. The predicted molar refractivity (Wildman–Crippen MR) is 112 cm³/mol. The van der Waals surface area contributed by atoms with Crippen molar-refractivity contribution >= 4 is 50.5 Å². The van der Waals surface area contributed by atoms with E-state index in [0.29, 0.717) is 23.2 Å². The van der Waals surface area contributed by atoms with Crippen molar-refractivity contribution in [1.82, 2.24) is 15.6 Å². The first-order valence-electron chi connectivity index (χ1n) is 8.47. The summed E-state index contributed by atoms with van der Waals surface area (Å²) in [6.45, 7) is 2.22. The Kier molecular flexibility index (Phi) is 6.59. The number of nitrogens with one attached hydrogen (secondary N) is 2. The number of rotatable bonds is 4. The standard InChI is InChI=1S/C18H20BrN3O3S2/c1-11-7-13(8-23)18(10-25-11,16-20-14(19)9-27-16)22-17(26)21-15(24)12-5-3-2-4-6-12/h2-6,9,11,13,23H,7-8,10H2,1H3,(H2,21,22,24,26)/t11-,13-,18-/m0/s1. The Morgan fingerprint density at radius 2 is 2.22 bits per heavy atom. The van der Waals surface area contributed by atoms with Gasteiger partial charge in [0.1, 0.15) is 15.1 Å². The first kappa shape index (κ1) is 20.3. The number of ether oxygens (including phenoxy) is 1. The molecule has 2 heterocycles. The van der Waals surface area contributed by atoms with Crippen LogP contribution in [0.3, 0.4) is 0 Å². The van der Waals surface area contributed by atoms with Crippen molar-refractivity contribution in [1.29, 1.82) is 0 Å². The van der Waals surface area contributed by atoms with Gasteiger partial charge >= 0.3 is 0 Å². The number of hydrogen-bond acceptors (Lipinski definition) is 6. The molecule has 3 atom stereocenters. The highest BCUT2D eigenvalue weighted by Gasteiger charge is 2.47. The Labute approximate surface area is 175 Å². The number of carbonyl (C=O) groups excluding carboxylic acids is 1.